The number of hydrogen-bond acceptors (Lipinski definition) is 5. The van der Waals surface area contributed by atoms with Crippen LogP contribution in [0.2, 0.25) is 0 Å². The monoisotopic (exact) mass is 302 g/mol. The van der Waals surface area contributed by atoms with E-state index in [1.54, 1.807) is 37.3 Å². The Hall–Kier alpha value is -2.59. The number of nitrogens with two attached hydrogens (primary N) is 1. The Morgan fingerprint density at radius 2 is 2.00 bits per heavy atom. The maximum atomic E-state index is 12.1. The number of nitrogen functional groups attached to an aromatic ring is 1. The summed E-state index contributed by atoms with van der Waals surface area (Å²) in [5.74, 6) is 0.0411. The van der Waals surface area contributed by atoms with E-state index in [1.165, 1.54) is 6.20 Å². The summed E-state index contributed by atoms with van der Waals surface area (Å²) in [4.78, 5) is 3.93. The van der Waals surface area contributed by atoms with Gasteiger partial charge in [0.25, 0.3) is 0 Å². The normalized spacial score (nSPS) is 10.9. The van der Waals surface area contributed by atoms with Gasteiger partial charge in [-0.15, -0.1) is 0 Å². The van der Waals surface area contributed by atoms with E-state index < -0.39 is 10.0 Å². The molecular formula is C14H14N4O2S. The van der Waals surface area contributed by atoms with Crippen molar-refractivity contribution in [1.82, 2.24) is 4.98 Å². The minimum Gasteiger partial charge on any atom is -0.397 e. The van der Waals surface area contributed by atoms with Gasteiger partial charge in [-0.3, -0.25) is 4.72 Å². The smallest absolute Gasteiger partial charge is 0.238 e. The number of nitrogens with zero attached hydrogens (tertiary/aromatic N) is 2. The highest BCUT2D eigenvalue weighted by molar-refractivity contribution is 7.91. The average Bonchev–Trinajstić information content (AvgIpc) is 2.43. The topological polar surface area (TPSA) is 109 Å². The lowest BCUT2D eigenvalue weighted by Crippen LogP contribution is -2.16. The molecule has 0 amide bonds. The number of nitrogens with one attached hydrogen (secondary N) is 1. The molecule has 1 heterocycles. The first-order valence-corrected chi connectivity index (χ1v) is 7.76. The molecule has 2 rings (SSSR count). The molecule has 21 heavy (non-hydrogen) atoms. The molecule has 1 aromatic heterocycles. The number of benzene rings is 1. The third kappa shape index (κ3) is 3.94. The van der Waals surface area contributed by atoms with Crippen LogP contribution in [0.4, 0.5) is 11.5 Å². The van der Waals surface area contributed by atoms with Crippen molar-refractivity contribution >= 4 is 21.5 Å². The zero-order valence-electron chi connectivity index (χ0n) is 11.4. The summed E-state index contributed by atoms with van der Waals surface area (Å²) in [6.45, 7) is 1.77. The number of rotatable bonds is 4. The predicted octanol–water partition coefficient (Wildman–Crippen LogP) is 1.79. The largest absolute Gasteiger partial charge is 0.397 e. The third-order valence-electron chi connectivity index (χ3n) is 2.85. The zero-order chi connectivity index (χ0) is 15.5. The summed E-state index contributed by atoms with van der Waals surface area (Å²) in [5.41, 5.74) is 7.97. The lowest BCUT2D eigenvalue weighted by atomic mass is 10.2. The lowest BCUT2D eigenvalue weighted by molar-refractivity contribution is 0.600. The van der Waals surface area contributed by atoms with Crippen molar-refractivity contribution in [1.29, 1.82) is 5.26 Å². The molecule has 2 aromatic rings. The summed E-state index contributed by atoms with van der Waals surface area (Å²) in [6, 6.07) is 9.94. The Kier molecular flexibility index (Phi) is 4.10. The van der Waals surface area contributed by atoms with E-state index in [2.05, 4.69) is 9.71 Å². The fraction of sp³-hybridized carbons (Fsp3) is 0.143. The SMILES string of the molecule is Cc1cc(NS(=O)(=O)Cc2ccc(C#N)cc2)ncc1N. The summed E-state index contributed by atoms with van der Waals surface area (Å²) in [6.07, 6.45) is 1.41. The Labute approximate surface area is 123 Å². The lowest BCUT2D eigenvalue weighted by Gasteiger charge is -2.09. The van der Waals surface area contributed by atoms with Gasteiger partial charge in [0.05, 0.1) is 29.3 Å². The van der Waals surface area contributed by atoms with Gasteiger partial charge in [-0.25, -0.2) is 13.4 Å². The number of nitriles is 1. The average molecular weight is 302 g/mol. The van der Waals surface area contributed by atoms with Gasteiger partial charge in [0.2, 0.25) is 10.0 Å². The molecule has 7 heteroatoms. The van der Waals surface area contributed by atoms with Crippen LogP contribution >= 0.6 is 0 Å². The van der Waals surface area contributed by atoms with Crippen LogP contribution in [0.25, 0.3) is 0 Å². The molecule has 0 unspecified atom stereocenters. The molecule has 0 aliphatic rings. The van der Waals surface area contributed by atoms with E-state index in [0.717, 1.165) is 5.56 Å². The van der Waals surface area contributed by atoms with Gasteiger partial charge in [0.1, 0.15) is 5.82 Å². The van der Waals surface area contributed by atoms with Gasteiger partial charge < -0.3 is 5.73 Å². The zero-order valence-corrected chi connectivity index (χ0v) is 12.2. The Bertz CT molecular complexity index is 793. The van der Waals surface area contributed by atoms with E-state index in [0.29, 0.717) is 16.8 Å². The standard InChI is InChI=1S/C14H14N4O2S/c1-10-6-14(17-8-13(10)16)18-21(19,20)9-12-4-2-11(7-15)3-5-12/h2-6,8H,9,16H2,1H3,(H,17,18). The number of hydrogen-bond donors (Lipinski definition) is 2. The quantitative estimate of drug-likeness (QED) is 0.894. The number of anilines is 2. The number of pyridine rings is 1. The fourth-order valence-corrected chi connectivity index (χ4v) is 2.85. The highest BCUT2D eigenvalue weighted by Gasteiger charge is 2.13. The van der Waals surface area contributed by atoms with E-state index in [1.807, 2.05) is 6.07 Å². The number of aryl methyl sites for hydroxylation is 1. The van der Waals surface area contributed by atoms with Gasteiger partial charge >= 0.3 is 0 Å². The van der Waals surface area contributed by atoms with Crippen molar-refractivity contribution in [2.45, 2.75) is 12.7 Å². The van der Waals surface area contributed by atoms with Gasteiger partial charge in [0.15, 0.2) is 0 Å². The Morgan fingerprint density at radius 1 is 1.33 bits per heavy atom. The van der Waals surface area contributed by atoms with Gasteiger partial charge in [-0.2, -0.15) is 5.26 Å². The molecule has 3 N–H and O–H groups in total. The summed E-state index contributed by atoms with van der Waals surface area (Å²) >= 11 is 0. The van der Waals surface area contributed by atoms with Crippen LogP contribution in [0.3, 0.4) is 0 Å². The molecular weight excluding hydrogens is 288 g/mol. The first-order valence-electron chi connectivity index (χ1n) is 6.11. The van der Waals surface area contributed by atoms with Crippen LogP contribution in [-0.2, 0) is 15.8 Å². The van der Waals surface area contributed by atoms with E-state index in [9.17, 15) is 8.42 Å². The second-order valence-electron chi connectivity index (χ2n) is 4.60. The van der Waals surface area contributed by atoms with E-state index >= 15 is 0 Å². The minimum atomic E-state index is -3.57. The van der Waals surface area contributed by atoms with Gasteiger partial charge in [-0.05, 0) is 36.2 Å². The highest BCUT2D eigenvalue weighted by Crippen LogP contribution is 2.16. The molecule has 0 radical (unpaired) electrons. The summed E-state index contributed by atoms with van der Waals surface area (Å²) in [7, 11) is -3.57. The first kappa shape index (κ1) is 14.8. The number of sulfonamides is 1. The van der Waals surface area contributed by atoms with E-state index in [4.69, 9.17) is 11.0 Å². The molecule has 0 fully saturated rings. The van der Waals surface area contributed by atoms with Crippen LogP contribution in [0.15, 0.2) is 36.5 Å². The maximum Gasteiger partial charge on any atom is 0.238 e. The Balaban J connectivity index is 2.14. The molecule has 108 valence electrons. The molecule has 0 atom stereocenters. The summed E-state index contributed by atoms with van der Waals surface area (Å²) in [5, 5.41) is 8.71. The van der Waals surface area contributed by atoms with Crippen molar-refractivity contribution < 1.29 is 8.42 Å². The maximum absolute atomic E-state index is 12.1. The highest BCUT2D eigenvalue weighted by atomic mass is 32.2. The molecule has 1 aromatic carbocycles. The molecule has 0 aliphatic carbocycles. The fourth-order valence-electron chi connectivity index (χ4n) is 1.71. The van der Waals surface area contributed by atoms with Crippen LogP contribution in [0, 0.1) is 18.3 Å². The van der Waals surface area contributed by atoms with Crippen LogP contribution in [-0.4, -0.2) is 13.4 Å². The van der Waals surface area contributed by atoms with Crippen molar-refractivity contribution in [2.24, 2.45) is 0 Å². The first-order chi connectivity index (χ1) is 9.89. The van der Waals surface area contributed by atoms with Crippen LogP contribution in [0.5, 0.6) is 0 Å². The van der Waals surface area contributed by atoms with Gasteiger partial charge in [0, 0.05) is 0 Å². The molecule has 0 bridgehead atoms. The van der Waals surface area contributed by atoms with E-state index in [-0.39, 0.29) is 11.6 Å². The molecule has 0 spiro atoms. The van der Waals surface area contributed by atoms with Crippen molar-refractivity contribution in [2.75, 3.05) is 10.5 Å². The van der Waals surface area contributed by atoms with Crippen LogP contribution < -0.4 is 10.5 Å². The summed E-state index contributed by atoms with van der Waals surface area (Å²) < 4.78 is 26.5. The van der Waals surface area contributed by atoms with Crippen molar-refractivity contribution in [3.63, 3.8) is 0 Å². The van der Waals surface area contributed by atoms with Crippen LogP contribution in [0.1, 0.15) is 16.7 Å². The molecule has 0 saturated carbocycles. The second kappa shape index (κ2) is 5.81. The minimum absolute atomic E-state index is 0.191. The number of aromatic nitrogens is 1. The third-order valence-corrected chi connectivity index (χ3v) is 4.08. The Morgan fingerprint density at radius 3 is 2.57 bits per heavy atom. The van der Waals surface area contributed by atoms with Gasteiger partial charge in [-0.1, -0.05) is 12.1 Å². The molecule has 0 aliphatic heterocycles. The second-order valence-corrected chi connectivity index (χ2v) is 6.32. The molecule has 6 nitrogen and oxygen atoms in total. The molecule has 0 saturated heterocycles. The van der Waals surface area contributed by atoms with Crippen molar-refractivity contribution in [3.8, 4) is 6.07 Å². The predicted molar refractivity (Wildman–Crippen MR) is 80.8 cm³/mol. The van der Waals surface area contributed by atoms with Crippen molar-refractivity contribution in [3.05, 3.63) is 53.2 Å².